The average molecular weight is 635 g/mol. The molecule has 1 unspecified atom stereocenters. The number of hydrogen-bond acceptors (Lipinski definition) is 8. The molecule has 1 amide bonds. The van der Waals surface area contributed by atoms with Crippen molar-refractivity contribution >= 4 is 12.1 Å². The maximum Gasteiger partial charge on any atom is 0.415 e. The van der Waals surface area contributed by atoms with E-state index in [0.29, 0.717) is 42.9 Å². The van der Waals surface area contributed by atoms with Gasteiger partial charge in [0.1, 0.15) is 34.6 Å². The van der Waals surface area contributed by atoms with Gasteiger partial charge in [-0.1, -0.05) is 44.4 Å². The highest BCUT2D eigenvalue weighted by atomic mass is 16.6. The summed E-state index contributed by atoms with van der Waals surface area (Å²) in [6.07, 6.45) is 4.09. The van der Waals surface area contributed by atoms with Gasteiger partial charge in [0.2, 0.25) is 5.89 Å². The molecule has 3 atom stereocenters. The van der Waals surface area contributed by atoms with E-state index in [9.17, 15) is 9.59 Å². The smallest absolute Gasteiger partial charge is 0.415 e. The van der Waals surface area contributed by atoms with Gasteiger partial charge in [0.15, 0.2) is 0 Å². The SMILES string of the molecule is COc1ccc(OC(=O)N(CC[C@@H]2CCCC(OCc3nc(-c4cccc(C)c4)oc3C)C2)[C@H](C(=O)OC(C)(C)C)C(C)C)cc1. The second-order valence-corrected chi connectivity index (χ2v) is 13.6. The van der Waals surface area contributed by atoms with Gasteiger partial charge < -0.3 is 23.4 Å². The van der Waals surface area contributed by atoms with Crippen LogP contribution in [-0.4, -0.2) is 53.3 Å². The maximum atomic E-state index is 13.7. The van der Waals surface area contributed by atoms with Crippen molar-refractivity contribution in [3.8, 4) is 23.0 Å². The number of carbonyl (C=O) groups excluding carboxylic acids is 2. The number of nitrogens with zero attached hydrogens (tertiary/aromatic N) is 2. The van der Waals surface area contributed by atoms with Gasteiger partial charge >= 0.3 is 12.1 Å². The monoisotopic (exact) mass is 634 g/mol. The summed E-state index contributed by atoms with van der Waals surface area (Å²) < 4.78 is 29.1. The van der Waals surface area contributed by atoms with E-state index in [0.717, 1.165) is 48.3 Å². The Balaban J connectivity index is 1.42. The van der Waals surface area contributed by atoms with E-state index in [-0.39, 0.29) is 12.0 Å². The van der Waals surface area contributed by atoms with Crippen molar-refractivity contribution in [2.24, 2.45) is 11.8 Å². The van der Waals surface area contributed by atoms with E-state index in [1.165, 1.54) is 0 Å². The van der Waals surface area contributed by atoms with E-state index in [1.807, 2.05) is 66.7 Å². The van der Waals surface area contributed by atoms with Crippen LogP contribution in [0, 0.1) is 25.7 Å². The average Bonchev–Trinajstić information content (AvgIpc) is 3.37. The number of aryl methyl sites for hydroxylation is 2. The van der Waals surface area contributed by atoms with Gasteiger partial charge in [0.25, 0.3) is 0 Å². The predicted octanol–water partition coefficient (Wildman–Crippen LogP) is 8.30. The van der Waals surface area contributed by atoms with E-state index >= 15 is 0 Å². The lowest BCUT2D eigenvalue weighted by Gasteiger charge is -2.36. The standard InChI is InChI=1S/C37H50N2O7/c1-24(2)33(35(40)46-37(5,6)7)39(36(41)45-30-17-15-29(42-8)16-18-30)20-19-27-12-10-14-31(22-27)43-23-32-26(4)44-34(38-32)28-13-9-11-25(3)21-28/h9,11,13,15-18,21,24,27,31,33H,10,12,14,19-20,22-23H2,1-8H3/t27-,31?,33-/m0/s1. The molecule has 1 aliphatic rings. The second-order valence-electron chi connectivity index (χ2n) is 13.6. The largest absolute Gasteiger partial charge is 0.497 e. The van der Waals surface area contributed by atoms with Crippen molar-refractivity contribution in [3.05, 3.63) is 65.5 Å². The number of esters is 1. The minimum Gasteiger partial charge on any atom is -0.497 e. The third-order valence-corrected chi connectivity index (χ3v) is 8.24. The minimum absolute atomic E-state index is 0.0729. The fourth-order valence-electron chi connectivity index (χ4n) is 5.91. The maximum absolute atomic E-state index is 13.7. The summed E-state index contributed by atoms with van der Waals surface area (Å²) in [5.74, 6) is 2.10. The van der Waals surface area contributed by atoms with Gasteiger partial charge in [-0.15, -0.1) is 0 Å². The first-order valence-corrected chi connectivity index (χ1v) is 16.3. The summed E-state index contributed by atoms with van der Waals surface area (Å²) in [6.45, 7) is 14.0. The van der Waals surface area contributed by atoms with Crippen molar-refractivity contribution in [2.75, 3.05) is 13.7 Å². The number of benzene rings is 2. The Labute approximate surface area is 273 Å². The Morgan fingerprint density at radius 2 is 1.76 bits per heavy atom. The molecule has 0 N–H and O–H groups in total. The van der Waals surface area contributed by atoms with Crippen LogP contribution in [0.3, 0.4) is 0 Å². The number of aromatic nitrogens is 1. The number of methoxy groups -OCH3 is 1. The molecule has 9 nitrogen and oxygen atoms in total. The molecule has 0 saturated heterocycles. The molecular formula is C37H50N2O7. The van der Waals surface area contributed by atoms with Crippen molar-refractivity contribution < 1.29 is 33.0 Å². The molecule has 1 saturated carbocycles. The Kier molecular flexibility index (Phi) is 11.9. The molecule has 0 radical (unpaired) electrons. The van der Waals surface area contributed by atoms with E-state index < -0.39 is 23.7 Å². The summed E-state index contributed by atoms with van der Waals surface area (Å²) in [4.78, 5) is 33.3. The Bertz CT molecular complexity index is 1440. The highest BCUT2D eigenvalue weighted by Gasteiger charge is 2.37. The fourth-order valence-corrected chi connectivity index (χ4v) is 5.91. The zero-order valence-corrected chi connectivity index (χ0v) is 28.6. The van der Waals surface area contributed by atoms with Crippen molar-refractivity contribution in [3.63, 3.8) is 0 Å². The molecule has 1 fully saturated rings. The third kappa shape index (κ3) is 9.82. The summed E-state index contributed by atoms with van der Waals surface area (Å²) in [7, 11) is 1.58. The van der Waals surface area contributed by atoms with Crippen LogP contribution in [0.5, 0.6) is 11.5 Å². The predicted molar refractivity (Wildman–Crippen MR) is 177 cm³/mol. The summed E-state index contributed by atoms with van der Waals surface area (Å²) in [5, 5.41) is 0. The number of rotatable bonds is 12. The lowest BCUT2D eigenvalue weighted by molar-refractivity contribution is -0.162. The molecule has 46 heavy (non-hydrogen) atoms. The fraction of sp³-hybridized carbons (Fsp3) is 0.541. The van der Waals surface area contributed by atoms with Crippen LogP contribution in [0.4, 0.5) is 4.79 Å². The van der Waals surface area contributed by atoms with Gasteiger partial charge in [-0.3, -0.25) is 4.90 Å². The molecule has 2 aromatic carbocycles. The first-order chi connectivity index (χ1) is 21.8. The Morgan fingerprint density at radius 1 is 1.04 bits per heavy atom. The summed E-state index contributed by atoms with van der Waals surface area (Å²) >= 11 is 0. The van der Waals surface area contributed by atoms with Crippen LogP contribution >= 0.6 is 0 Å². The summed E-state index contributed by atoms with van der Waals surface area (Å²) in [5.41, 5.74) is 2.22. The van der Waals surface area contributed by atoms with Crippen LogP contribution < -0.4 is 9.47 Å². The van der Waals surface area contributed by atoms with Crippen molar-refractivity contribution in [2.45, 2.75) is 105 Å². The second kappa shape index (κ2) is 15.6. The molecular weight excluding hydrogens is 584 g/mol. The zero-order valence-electron chi connectivity index (χ0n) is 28.6. The molecule has 4 rings (SSSR count). The minimum atomic E-state index is -0.793. The van der Waals surface area contributed by atoms with Gasteiger partial charge in [-0.2, -0.15) is 0 Å². The van der Waals surface area contributed by atoms with Crippen molar-refractivity contribution in [1.82, 2.24) is 9.88 Å². The number of ether oxygens (including phenoxy) is 4. The Morgan fingerprint density at radius 3 is 2.41 bits per heavy atom. The number of amides is 1. The molecule has 1 aromatic heterocycles. The molecule has 0 aliphatic heterocycles. The van der Waals surface area contributed by atoms with Gasteiger partial charge in [-0.05, 0) is 102 Å². The first-order valence-electron chi connectivity index (χ1n) is 16.3. The van der Waals surface area contributed by atoms with E-state index in [1.54, 1.807) is 36.3 Å². The van der Waals surface area contributed by atoms with Crippen LogP contribution in [0.2, 0.25) is 0 Å². The van der Waals surface area contributed by atoms with E-state index in [4.69, 9.17) is 28.3 Å². The third-order valence-electron chi connectivity index (χ3n) is 8.24. The highest BCUT2D eigenvalue weighted by molar-refractivity contribution is 5.82. The number of oxazole rings is 1. The van der Waals surface area contributed by atoms with Crippen LogP contribution in [0.25, 0.3) is 11.5 Å². The van der Waals surface area contributed by atoms with Crippen molar-refractivity contribution in [1.29, 1.82) is 0 Å². The molecule has 250 valence electrons. The molecule has 3 aromatic rings. The zero-order chi connectivity index (χ0) is 33.4. The van der Waals surface area contributed by atoms with Crippen LogP contribution in [0.15, 0.2) is 52.9 Å². The Hall–Kier alpha value is -3.85. The first kappa shape index (κ1) is 35.0. The van der Waals surface area contributed by atoms with Gasteiger partial charge in [-0.25, -0.2) is 14.6 Å². The van der Waals surface area contributed by atoms with Gasteiger partial charge in [0.05, 0.1) is 19.8 Å². The lowest BCUT2D eigenvalue weighted by Crippen LogP contribution is -2.51. The molecule has 9 heteroatoms. The van der Waals surface area contributed by atoms with Gasteiger partial charge in [0, 0.05) is 12.1 Å². The van der Waals surface area contributed by atoms with Crippen LogP contribution in [0.1, 0.15) is 83.7 Å². The lowest BCUT2D eigenvalue weighted by atomic mass is 9.84. The molecule has 1 heterocycles. The topological polar surface area (TPSA) is 100 Å². The quantitative estimate of drug-likeness (QED) is 0.184. The normalized spacial score (nSPS) is 17.4. The van der Waals surface area contributed by atoms with Crippen LogP contribution in [-0.2, 0) is 20.9 Å². The number of hydrogen-bond donors (Lipinski definition) is 0. The van der Waals surface area contributed by atoms with E-state index in [2.05, 4.69) is 6.07 Å². The highest BCUT2D eigenvalue weighted by Crippen LogP contribution is 2.31. The number of carbonyl (C=O) groups is 2. The molecule has 0 spiro atoms. The summed E-state index contributed by atoms with van der Waals surface area (Å²) in [6, 6.07) is 14.1. The molecule has 0 bridgehead atoms. The molecule has 1 aliphatic carbocycles.